The molecule has 11 heteroatoms. The number of aromatic nitrogens is 4. The van der Waals surface area contributed by atoms with Crippen LogP contribution in [0.1, 0.15) is 39.5 Å². The Morgan fingerprint density at radius 2 is 1.75 bits per heavy atom. The van der Waals surface area contributed by atoms with Crippen molar-refractivity contribution >= 4 is 22.9 Å². The molecule has 0 spiro atoms. The Balaban J connectivity index is 1.30. The summed E-state index contributed by atoms with van der Waals surface area (Å²) in [6.07, 6.45) is 6.84. The van der Waals surface area contributed by atoms with Crippen molar-refractivity contribution in [2.45, 2.75) is 57.7 Å². The summed E-state index contributed by atoms with van der Waals surface area (Å²) in [6.45, 7) is 6.72. The largest absolute Gasteiger partial charge is 0.457 e. The number of benzene rings is 2. The molecular weight excluding hydrogens is 556 g/mol. The van der Waals surface area contributed by atoms with Gasteiger partial charge in [-0.2, -0.15) is 5.26 Å². The topological polar surface area (TPSA) is 135 Å². The summed E-state index contributed by atoms with van der Waals surface area (Å²) >= 11 is 0. The van der Waals surface area contributed by atoms with Gasteiger partial charge in [0.05, 0.1) is 11.7 Å². The molecule has 2 fully saturated rings. The predicted molar refractivity (Wildman–Crippen MR) is 167 cm³/mol. The molecule has 4 aromatic rings. The van der Waals surface area contributed by atoms with Crippen molar-refractivity contribution in [2.24, 2.45) is 0 Å². The minimum atomic E-state index is -0.410. The van der Waals surface area contributed by atoms with Crippen LogP contribution in [0.5, 0.6) is 11.5 Å². The van der Waals surface area contributed by atoms with Gasteiger partial charge in [0.25, 0.3) is 5.91 Å². The molecule has 6 rings (SSSR count). The van der Waals surface area contributed by atoms with Gasteiger partial charge in [-0.1, -0.05) is 18.2 Å². The van der Waals surface area contributed by atoms with Gasteiger partial charge in [-0.3, -0.25) is 18.8 Å². The number of fused-ring (bicyclic) bond motifs is 1. The van der Waals surface area contributed by atoms with E-state index in [1.807, 2.05) is 44.2 Å². The number of likely N-dealkylation sites (tertiary alicyclic amines) is 2. The third kappa shape index (κ3) is 5.56. The molecule has 0 radical (unpaired) electrons. The number of ether oxygens (including phenoxy) is 1. The van der Waals surface area contributed by atoms with Crippen LogP contribution in [0.4, 0.5) is 5.82 Å². The fourth-order valence-corrected chi connectivity index (χ4v) is 6.33. The zero-order valence-electron chi connectivity index (χ0n) is 25.0. The van der Waals surface area contributed by atoms with Gasteiger partial charge < -0.3 is 15.4 Å². The van der Waals surface area contributed by atoms with Crippen LogP contribution in [0.3, 0.4) is 0 Å². The molecule has 1 amide bonds. The molecule has 0 bridgehead atoms. The predicted octanol–water partition coefficient (Wildman–Crippen LogP) is 4.27. The summed E-state index contributed by atoms with van der Waals surface area (Å²) in [5.74, 6) is 1.20. The molecule has 2 aromatic heterocycles. The molecular formula is C33H36N8O3. The lowest BCUT2D eigenvalue weighted by Crippen LogP contribution is -2.43. The molecule has 0 aliphatic carbocycles. The average molecular weight is 593 g/mol. The van der Waals surface area contributed by atoms with Crippen LogP contribution in [0.25, 0.3) is 16.9 Å². The van der Waals surface area contributed by atoms with E-state index in [4.69, 9.17) is 10.5 Å². The lowest BCUT2D eigenvalue weighted by atomic mass is 9.98. The highest BCUT2D eigenvalue weighted by Gasteiger charge is 2.35. The molecule has 2 aliphatic heterocycles. The fraction of sp³-hybridized carbons (Fsp3) is 0.364. The lowest BCUT2D eigenvalue weighted by Gasteiger charge is -2.33. The van der Waals surface area contributed by atoms with E-state index in [1.165, 1.54) is 10.9 Å². The number of para-hydroxylation sites is 1. The maximum Gasteiger partial charge on any atom is 0.335 e. The molecule has 2 aromatic carbocycles. The van der Waals surface area contributed by atoms with E-state index >= 15 is 0 Å². The molecule has 11 nitrogen and oxygen atoms in total. The Morgan fingerprint density at radius 1 is 1.05 bits per heavy atom. The standard InChI is InChI=1S/C33H36N8O3/c1-33(2,38-16-6-7-17-38)19-23(20-34)31(42)39-18-8-9-25(39)21-40-30-28(29(35)36-22-37-30)41(32(40)43)24-12-14-27(15-13-24)44-26-10-4-3-5-11-26/h3-5,10-15,19,22,25H,6-9,16-18,21H2,1-2H3,(H2,35,36,37)/t25-/m0/s1. The second kappa shape index (κ2) is 12.0. The number of hydrogen-bond acceptors (Lipinski definition) is 8. The van der Waals surface area contributed by atoms with Crippen molar-refractivity contribution in [1.29, 1.82) is 5.26 Å². The van der Waals surface area contributed by atoms with Crippen molar-refractivity contribution in [2.75, 3.05) is 25.4 Å². The van der Waals surface area contributed by atoms with E-state index < -0.39 is 5.54 Å². The monoisotopic (exact) mass is 592 g/mol. The van der Waals surface area contributed by atoms with Gasteiger partial charge in [0.2, 0.25) is 0 Å². The van der Waals surface area contributed by atoms with E-state index in [0.717, 1.165) is 32.4 Å². The van der Waals surface area contributed by atoms with Gasteiger partial charge in [0, 0.05) is 18.6 Å². The van der Waals surface area contributed by atoms with Crippen LogP contribution in [-0.4, -0.2) is 66.0 Å². The molecule has 1 atom stereocenters. The first-order valence-corrected chi connectivity index (χ1v) is 15.0. The molecule has 0 saturated carbocycles. The minimum Gasteiger partial charge on any atom is -0.457 e. The van der Waals surface area contributed by atoms with Crippen LogP contribution in [0.2, 0.25) is 0 Å². The van der Waals surface area contributed by atoms with Gasteiger partial charge in [0.1, 0.15) is 35.0 Å². The number of nitriles is 1. The van der Waals surface area contributed by atoms with Crippen molar-refractivity contribution in [3.63, 3.8) is 0 Å². The number of nitrogens with two attached hydrogens (primary N) is 1. The summed E-state index contributed by atoms with van der Waals surface area (Å²) in [4.78, 5) is 40.3. The van der Waals surface area contributed by atoms with E-state index in [1.54, 1.807) is 39.8 Å². The number of nitrogens with zero attached hydrogens (tertiary/aromatic N) is 7. The molecule has 226 valence electrons. The second-order valence-electron chi connectivity index (χ2n) is 11.9. The van der Waals surface area contributed by atoms with Gasteiger partial charge in [-0.15, -0.1) is 0 Å². The highest BCUT2D eigenvalue weighted by Crippen LogP contribution is 2.28. The average Bonchev–Trinajstić information content (AvgIpc) is 3.79. The smallest absolute Gasteiger partial charge is 0.335 e. The molecule has 2 aliphatic rings. The first-order valence-electron chi connectivity index (χ1n) is 15.0. The van der Waals surface area contributed by atoms with E-state index in [9.17, 15) is 14.9 Å². The maximum atomic E-state index is 14.0. The highest BCUT2D eigenvalue weighted by atomic mass is 16.5. The number of nitrogen functional groups attached to an aromatic ring is 1. The van der Waals surface area contributed by atoms with Crippen molar-refractivity contribution in [3.05, 3.63) is 83.1 Å². The Kier molecular flexibility index (Phi) is 7.93. The molecule has 4 heterocycles. The number of amides is 1. The van der Waals surface area contributed by atoms with E-state index in [-0.39, 0.29) is 35.6 Å². The van der Waals surface area contributed by atoms with Gasteiger partial charge >= 0.3 is 5.69 Å². The lowest BCUT2D eigenvalue weighted by molar-refractivity contribution is -0.127. The summed E-state index contributed by atoms with van der Waals surface area (Å²) in [5.41, 5.74) is 7.05. The summed E-state index contributed by atoms with van der Waals surface area (Å²) in [7, 11) is 0. The van der Waals surface area contributed by atoms with Crippen LogP contribution in [0.15, 0.2) is 77.4 Å². The number of carbonyl (C=O) groups is 1. The first-order chi connectivity index (χ1) is 21.3. The Bertz CT molecular complexity index is 1800. The zero-order valence-corrected chi connectivity index (χ0v) is 25.0. The van der Waals surface area contributed by atoms with Gasteiger partial charge in [0.15, 0.2) is 11.5 Å². The van der Waals surface area contributed by atoms with E-state index in [2.05, 4.69) is 20.9 Å². The van der Waals surface area contributed by atoms with Gasteiger partial charge in [-0.05, 0) is 95.1 Å². The minimum absolute atomic E-state index is 0.132. The quantitative estimate of drug-likeness (QED) is 0.237. The first kappa shape index (κ1) is 29.1. The zero-order chi connectivity index (χ0) is 30.8. The Hall–Kier alpha value is -4.95. The van der Waals surface area contributed by atoms with Crippen LogP contribution in [-0.2, 0) is 11.3 Å². The molecule has 44 heavy (non-hydrogen) atoms. The van der Waals surface area contributed by atoms with Gasteiger partial charge in [-0.25, -0.2) is 14.8 Å². The van der Waals surface area contributed by atoms with Crippen LogP contribution in [0, 0.1) is 11.3 Å². The Morgan fingerprint density at radius 3 is 2.45 bits per heavy atom. The highest BCUT2D eigenvalue weighted by molar-refractivity contribution is 5.97. The maximum absolute atomic E-state index is 14.0. The summed E-state index contributed by atoms with van der Waals surface area (Å²) in [5, 5.41) is 10.0. The third-order valence-corrected chi connectivity index (χ3v) is 8.61. The summed E-state index contributed by atoms with van der Waals surface area (Å²) < 4.78 is 8.97. The number of rotatable bonds is 8. The van der Waals surface area contributed by atoms with Crippen LogP contribution >= 0.6 is 0 Å². The Labute approximate surface area is 255 Å². The second-order valence-corrected chi connectivity index (χ2v) is 11.9. The number of hydrogen-bond donors (Lipinski definition) is 1. The molecule has 0 unspecified atom stereocenters. The number of carbonyl (C=O) groups excluding carboxylic acids is 1. The SMILES string of the molecule is CC(C)(C=C(C#N)C(=O)N1CCC[C@H]1Cn1c(=O)n(-c2ccc(Oc3ccccc3)cc2)c2c(N)ncnc21)N1CCCC1. The normalized spacial score (nSPS) is 17.7. The fourth-order valence-electron chi connectivity index (χ4n) is 6.33. The number of anilines is 1. The van der Waals surface area contributed by atoms with Crippen molar-refractivity contribution in [3.8, 4) is 23.3 Å². The third-order valence-electron chi connectivity index (χ3n) is 8.61. The summed E-state index contributed by atoms with van der Waals surface area (Å²) in [6, 6.07) is 18.5. The van der Waals surface area contributed by atoms with Crippen molar-refractivity contribution in [1.82, 2.24) is 28.9 Å². The molecule has 2 saturated heterocycles. The van der Waals surface area contributed by atoms with E-state index in [0.29, 0.717) is 41.3 Å². The van der Waals surface area contributed by atoms with Crippen molar-refractivity contribution < 1.29 is 9.53 Å². The molecule has 2 N–H and O–H groups in total. The van der Waals surface area contributed by atoms with Crippen LogP contribution < -0.4 is 16.2 Å². The number of imidazole rings is 1.